The molecule has 0 amide bonds. The summed E-state index contributed by atoms with van der Waals surface area (Å²) >= 11 is 0. The summed E-state index contributed by atoms with van der Waals surface area (Å²) in [7, 11) is 0. The zero-order chi connectivity index (χ0) is 14.7. The molecule has 1 aliphatic heterocycles. The maximum absolute atomic E-state index is 6.10. The lowest BCUT2D eigenvalue weighted by Crippen LogP contribution is -2.25. The summed E-state index contributed by atoms with van der Waals surface area (Å²) < 4.78 is 6.10. The van der Waals surface area contributed by atoms with Gasteiger partial charge in [-0.25, -0.2) is 0 Å². The second-order valence-electron chi connectivity index (χ2n) is 6.36. The van der Waals surface area contributed by atoms with Crippen LogP contribution in [0.1, 0.15) is 30.5 Å². The van der Waals surface area contributed by atoms with Crippen LogP contribution >= 0.6 is 0 Å². The first-order valence-corrected chi connectivity index (χ1v) is 7.68. The number of para-hydroxylation sites is 1. The summed E-state index contributed by atoms with van der Waals surface area (Å²) in [6, 6.07) is 17.1. The van der Waals surface area contributed by atoms with Crippen molar-refractivity contribution < 1.29 is 4.74 Å². The van der Waals surface area contributed by atoms with Gasteiger partial charge in [0.2, 0.25) is 0 Å². The number of rotatable bonds is 5. The molecule has 110 valence electrons. The first kappa shape index (κ1) is 14.2. The molecule has 0 atom stereocenters. The average molecular weight is 281 g/mol. The molecule has 2 aromatic rings. The summed E-state index contributed by atoms with van der Waals surface area (Å²) in [6.07, 6.45) is 2.06. The van der Waals surface area contributed by atoms with Gasteiger partial charge < -0.3 is 10.1 Å². The first-order chi connectivity index (χ1) is 10.1. The largest absolute Gasteiger partial charge is 0.487 e. The number of hydrogen-bond donors (Lipinski definition) is 1. The summed E-state index contributed by atoms with van der Waals surface area (Å²) in [5.41, 5.74) is 3.91. The van der Waals surface area contributed by atoms with E-state index >= 15 is 0 Å². The highest BCUT2D eigenvalue weighted by atomic mass is 16.5. The normalized spacial score (nSPS) is 15.5. The Morgan fingerprint density at radius 3 is 2.67 bits per heavy atom. The van der Waals surface area contributed by atoms with Crippen LogP contribution in [0.5, 0.6) is 5.75 Å². The van der Waals surface area contributed by atoms with Crippen molar-refractivity contribution in [1.82, 2.24) is 5.32 Å². The highest BCUT2D eigenvalue weighted by Crippen LogP contribution is 2.37. The van der Waals surface area contributed by atoms with Gasteiger partial charge in [-0.2, -0.15) is 0 Å². The van der Waals surface area contributed by atoms with Gasteiger partial charge in [-0.1, -0.05) is 48.5 Å². The maximum atomic E-state index is 6.10. The lowest BCUT2D eigenvalue weighted by atomic mass is 10.0. The summed E-state index contributed by atoms with van der Waals surface area (Å²) in [6.45, 7) is 6.16. The zero-order valence-electron chi connectivity index (χ0n) is 12.9. The van der Waals surface area contributed by atoms with Crippen molar-refractivity contribution in [3.63, 3.8) is 0 Å². The molecule has 0 spiro atoms. The third-order valence-electron chi connectivity index (χ3n) is 3.92. The summed E-state index contributed by atoms with van der Waals surface area (Å²) in [5, 5.41) is 3.53. The molecule has 2 nitrogen and oxygen atoms in total. The highest BCUT2D eigenvalue weighted by Gasteiger charge is 2.31. The van der Waals surface area contributed by atoms with Crippen molar-refractivity contribution in [3.05, 3.63) is 65.2 Å². The van der Waals surface area contributed by atoms with Crippen LogP contribution in [-0.4, -0.2) is 12.1 Å². The standard InChI is InChI=1S/C19H23NO/c1-19(2)13-16-9-6-10-17(18(16)21-19)14-20-12-11-15-7-4-3-5-8-15/h3-10,20H,11-14H2,1-2H3. The second kappa shape index (κ2) is 5.90. The molecule has 2 heteroatoms. The van der Waals surface area contributed by atoms with Crippen LogP contribution in [0.2, 0.25) is 0 Å². The van der Waals surface area contributed by atoms with E-state index in [1.54, 1.807) is 0 Å². The van der Waals surface area contributed by atoms with E-state index in [1.807, 2.05) is 0 Å². The molecular weight excluding hydrogens is 258 g/mol. The molecule has 1 aliphatic rings. The van der Waals surface area contributed by atoms with Crippen molar-refractivity contribution in [3.8, 4) is 5.75 Å². The van der Waals surface area contributed by atoms with E-state index in [4.69, 9.17) is 4.74 Å². The predicted octanol–water partition coefficient (Wildman–Crippen LogP) is 3.73. The first-order valence-electron chi connectivity index (χ1n) is 7.68. The molecule has 0 saturated heterocycles. The molecule has 0 radical (unpaired) electrons. The van der Waals surface area contributed by atoms with E-state index in [9.17, 15) is 0 Å². The molecule has 1 heterocycles. The quantitative estimate of drug-likeness (QED) is 0.843. The Bertz CT molecular complexity index is 604. The van der Waals surface area contributed by atoms with Crippen LogP contribution in [0.15, 0.2) is 48.5 Å². The minimum atomic E-state index is -0.0670. The third-order valence-corrected chi connectivity index (χ3v) is 3.92. The van der Waals surface area contributed by atoms with Gasteiger partial charge in [-0.3, -0.25) is 0 Å². The van der Waals surface area contributed by atoms with Crippen LogP contribution in [0.3, 0.4) is 0 Å². The Balaban J connectivity index is 1.56. The maximum Gasteiger partial charge on any atom is 0.127 e. The number of ether oxygens (including phenoxy) is 1. The van der Waals surface area contributed by atoms with Crippen molar-refractivity contribution >= 4 is 0 Å². The van der Waals surface area contributed by atoms with Crippen molar-refractivity contribution in [2.75, 3.05) is 6.54 Å². The molecule has 2 aromatic carbocycles. The number of nitrogens with one attached hydrogen (secondary N) is 1. The molecule has 0 aliphatic carbocycles. The fourth-order valence-electron chi connectivity index (χ4n) is 2.92. The fourth-order valence-corrected chi connectivity index (χ4v) is 2.92. The molecule has 0 unspecified atom stereocenters. The number of fused-ring (bicyclic) bond motifs is 1. The zero-order valence-corrected chi connectivity index (χ0v) is 12.9. The van der Waals surface area contributed by atoms with Crippen LogP contribution in [0.25, 0.3) is 0 Å². The predicted molar refractivity (Wildman–Crippen MR) is 86.7 cm³/mol. The van der Waals surface area contributed by atoms with Gasteiger partial charge in [0.25, 0.3) is 0 Å². The highest BCUT2D eigenvalue weighted by molar-refractivity contribution is 5.45. The average Bonchev–Trinajstić information content (AvgIpc) is 2.79. The Labute approximate surface area is 127 Å². The SMILES string of the molecule is CC1(C)Cc2cccc(CNCCc3ccccc3)c2O1. The molecule has 1 N–H and O–H groups in total. The molecule has 0 aromatic heterocycles. The molecule has 0 fully saturated rings. The second-order valence-corrected chi connectivity index (χ2v) is 6.36. The summed E-state index contributed by atoms with van der Waals surface area (Å²) in [5.74, 6) is 1.09. The van der Waals surface area contributed by atoms with Gasteiger partial charge in [-0.15, -0.1) is 0 Å². The van der Waals surface area contributed by atoms with E-state index in [2.05, 4.69) is 67.7 Å². The van der Waals surface area contributed by atoms with Gasteiger partial charge in [0.15, 0.2) is 0 Å². The van der Waals surface area contributed by atoms with Gasteiger partial charge in [0.05, 0.1) is 0 Å². The Kier molecular flexibility index (Phi) is 3.98. The molecule has 3 rings (SSSR count). The molecular formula is C19H23NO. The van der Waals surface area contributed by atoms with Gasteiger partial charge in [0, 0.05) is 18.5 Å². The van der Waals surface area contributed by atoms with Crippen LogP contribution in [0.4, 0.5) is 0 Å². The number of benzene rings is 2. The van der Waals surface area contributed by atoms with Gasteiger partial charge in [-0.05, 0) is 37.9 Å². The number of hydrogen-bond acceptors (Lipinski definition) is 2. The molecule has 0 bridgehead atoms. The monoisotopic (exact) mass is 281 g/mol. The minimum Gasteiger partial charge on any atom is -0.487 e. The smallest absolute Gasteiger partial charge is 0.127 e. The van der Waals surface area contributed by atoms with Gasteiger partial charge >= 0.3 is 0 Å². The lowest BCUT2D eigenvalue weighted by molar-refractivity contribution is 0.137. The third kappa shape index (κ3) is 3.45. The van der Waals surface area contributed by atoms with Crippen LogP contribution in [0, 0.1) is 0 Å². The summed E-state index contributed by atoms with van der Waals surface area (Å²) in [4.78, 5) is 0. The van der Waals surface area contributed by atoms with E-state index < -0.39 is 0 Å². The van der Waals surface area contributed by atoms with Crippen molar-refractivity contribution in [2.24, 2.45) is 0 Å². The molecule has 21 heavy (non-hydrogen) atoms. The van der Waals surface area contributed by atoms with E-state index in [1.165, 1.54) is 16.7 Å². The molecule has 0 saturated carbocycles. The van der Waals surface area contributed by atoms with Crippen LogP contribution < -0.4 is 10.1 Å². The van der Waals surface area contributed by atoms with E-state index in [-0.39, 0.29) is 5.60 Å². The Hall–Kier alpha value is -1.80. The van der Waals surface area contributed by atoms with Crippen LogP contribution in [-0.2, 0) is 19.4 Å². The van der Waals surface area contributed by atoms with E-state index in [0.717, 1.165) is 31.7 Å². The fraction of sp³-hybridized carbons (Fsp3) is 0.368. The Morgan fingerprint density at radius 2 is 1.86 bits per heavy atom. The minimum absolute atomic E-state index is 0.0670. The van der Waals surface area contributed by atoms with E-state index in [0.29, 0.717) is 0 Å². The van der Waals surface area contributed by atoms with Gasteiger partial charge in [0.1, 0.15) is 11.4 Å². The lowest BCUT2D eigenvalue weighted by Gasteiger charge is -2.18. The topological polar surface area (TPSA) is 21.3 Å². The van der Waals surface area contributed by atoms with Crippen molar-refractivity contribution in [2.45, 2.75) is 38.8 Å². The van der Waals surface area contributed by atoms with Crippen molar-refractivity contribution in [1.29, 1.82) is 0 Å². The Morgan fingerprint density at radius 1 is 1.05 bits per heavy atom.